The summed E-state index contributed by atoms with van der Waals surface area (Å²) >= 11 is 0. The Morgan fingerprint density at radius 1 is 1.08 bits per heavy atom. The molecule has 0 heterocycles. The van der Waals surface area contributed by atoms with Gasteiger partial charge in [-0.1, -0.05) is 73.4 Å². The largest absolute Gasteiger partial charge is 0.373 e. The van der Waals surface area contributed by atoms with Crippen LogP contribution in [0, 0.1) is 17.8 Å². The quantitative estimate of drug-likeness (QED) is 0.834. The van der Waals surface area contributed by atoms with Crippen molar-refractivity contribution in [3.8, 4) is 11.8 Å². The van der Waals surface area contributed by atoms with Crippen molar-refractivity contribution in [2.45, 2.75) is 19.4 Å². The summed E-state index contributed by atoms with van der Waals surface area (Å²) in [5.74, 6) is 6.27. The molecule has 0 amide bonds. The van der Waals surface area contributed by atoms with E-state index in [1.807, 2.05) is 94.7 Å². The molecule has 25 heavy (non-hydrogen) atoms. The number of rotatable bonds is 5. The molecule has 130 valence electrons. The highest BCUT2D eigenvalue weighted by atomic mass is 16.3. The highest BCUT2D eigenvalue weighted by Crippen LogP contribution is 2.28. The maximum atomic E-state index is 11.5. The van der Waals surface area contributed by atoms with Gasteiger partial charge in [0.1, 0.15) is 0 Å². The van der Waals surface area contributed by atoms with Crippen molar-refractivity contribution in [1.29, 1.82) is 0 Å². The molecule has 2 aromatic carbocycles. The molecule has 1 N–H and O–H groups in total. The highest BCUT2D eigenvalue weighted by Gasteiger charge is 2.34. The summed E-state index contributed by atoms with van der Waals surface area (Å²) in [4.78, 5) is 2.08. The molecule has 2 heteroatoms. The fraction of sp³-hybridized carbons (Fsp3) is 0.304. The Balaban J connectivity index is 2.41. The predicted molar refractivity (Wildman–Crippen MR) is 106 cm³/mol. The Bertz CT molecular complexity index is 753. The lowest BCUT2D eigenvalue weighted by Gasteiger charge is -2.32. The monoisotopic (exact) mass is 333 g/mol. The first-order valence-electron chi connectivity index (χ1n) is 8.61. The van der Waals surface area contributed by atoms with Gasteiger partial charge in [0.25, 0.3) is 0 Å². The van der Waals surface area contributed by atoms with Gasteiger partial charge in [0, 0.05) is 18.0 Å². The number of nitrogens with zero attached hydrogens (tertiary/aromatic N) is 1. The zero-order valence-corrected chi connectivity index (χ0v) is 15.5. The fourth-order valence-corrected chi connectivity index (χ4v) is 2.89. The smallest absolute Gasteiger partial charge is 0.151 e. The molecule has 2 aromatic rings. The van der Waals surface area contributed by atoms with Crippen LogP contribution < -0.4 is 0 Å². The van der Waals surface area contributed by atoms with Crippen LogP contribution in [0.4, 0.5) is 0 Å². The van der Waals surface area contributed by atoms with Crippen LogP contribution in [-0.2, 0) is 0 Å². The molecule has 0 bridgehead atoms. The lowest BCUT2D eigenvalue weighted by Crippen LogP contribution is -2.41. The summed E-state index contributed by atoms with van der Waals surface area (Å²) in [7, 11) is 4.02. The Hall–Kier alpha value is -2.34. The third kappa shape index (κ3) is 5.32. The molecule has 2 nitrogen and oxygen atoms in total. The summed E-state index contributed by atoms with van der Waals surface area (Å²) < 4.78 is 0. The fourth-order valence-electron chi connectivity index (χ4n) is 2.89. The van der Waals surface area contributed by atoms with Gasteiger partial charge >= 0.3 is 0 Å². The average Bonchev–Trinajstić information content (AvgIpc) is 2.60. The van der Waals surface area contributed by atoms with Crippen LogP contribution in [0.3, 0.4) is 0 Å². The van der Waals surface area contributed by atoms with E-state index in [0.717, 1.165) is 23.2 Å². The summed E-state index contributed by atoms with van der Waals surface area (Å²) in [6, 6.07) is 19.8. The molecule has 0 spiro atoms. The third-order valence-corrected chi connectivity index (χ3v) is 4.31. The summed E-state index contributed by atoms with van der Waals surface area (Å²) in [6.45, 7) is 4.75. The third-order valence-electron chi connectivity index (χ3n) is 4.31. The van der Waals surface area contributed by atoms with Crippen molar-refractivity contribution in [2.75, 3.05) is 20.6 Å². The van der Waals surface area contributed by atoms with Crippen molar-refractivity contribution in [3.63, 3.8) is 0 Å². The molecule has 2 atom stereocenters. The van der Waals surface area contributed by atoms with E-state index < -0.39 is 5.60 Å². The molecule has 0 radical (unpaired) electrons. The number of benzene rings is 2. The maximum absolute atomic E-state index is 11.5. The van der Waals surface area contributed by atoms with Gasteiger partial charge in [0.15, 0.2) is 5.60 Å². The van der Waals surface area contributed by atoms with E-state index in [1.54, 1.807) is 0 Å². The van der Waals surface area contributed by atoms with Crippen molar-refractivity contribution in [1.82, 2.24) is 4.90 Å². The molecule has 2 rings (SSSR count). The lowest BCUT2D eigenvalue weighted by atomic mass is 9.81. The lowest BCUT2D eigenvalue weighted by molar-refractivity contribution is 0.0683. The number of hydrogen-bond acceptors (Lipinski definition) is 2. The van der Waals surface area contributed by atoms with E-state index in [-0.39, 0.29) is 5.92 Å². The van der Waals surface area contributed by atoms with E-state index >= 15 is 0 Å². The Morgan fingerprint density at radius 3 is 2.20 bits per heavy atom. The highest BCUT2D eigenvalue weighted by molar-refractivity contribution is 5.57. The molecule has 0 aliphatic heterocycles. The van der Waals surface area contributed by atoms with Gasteiger partial charge in [-0.2, -0.15) is 0 Å². The maximum Gasteiger partial charge on any atom is 0.151 e. The molecule has 0 aromatic heterocycles. The van der Waals surface area contributed by atoms with Gasteiger partial charge in [-0.3, -0.25) is 0 Å². The van der Waals surface area contributed by atoms with Gasteiger partial charge in [-0.25, -0.2) is 0 Å². The zero-order valence-electron chi connectivity index (χ0n) is 15.5. The van der Waals surface area contributed by atoms with Crippen LogP contribution in [0.1, 0.15) is 25.0 Å². The average molecular weight is 333 g/mol. The second kappa shape index (κ2) is 8.67. The molecule has 0 fully saturated rings. The van der Waals surface area contributed by atoms with Gasteiger partial charge < -0.3 is 10.0 Å². The minimum Gasteiger partial charge on any atom is -0.373 e. The van der Waals surface area contributed by atoms with Gasteiger partial charge in [0.05, 0.1) is 0 Å². The van der Waals surface area contributed by atoms with Gasteiger partial charge in [0.2, 0.25) is 0 Å². The minimum absolute atomic E-state index is 0.0290. The first-order valence-corrected chi connectivity index (χ1v) is 8.61. The van der Waals surface area contributed by atoms with Crippen LogP contribution >= 0.6 is 0 Å². The van der Waals surface area contributed by atoms with Crippen LogP contribution in [-0.4, -0.2) is 36.2 Å². The van der Waals surface area contributed by atoms with Gasteiger partial charge in [-0.15, -0.1) is 0 Å². The van der Waals surface area contributed by atoms with Crippen LogP contribution in [0.2, 0.25) is 0 Å². The zero-order chi connectivity index (χ0) is 18.3. The summed E-state index contributed by atoms with van der Waals surface area (Å²) in [6.07, 6.45) is 2.02. The van der Waals surface area contributed by atoms with Gasteiger partial charge in [-0.05, 0) is 44.3 Å². The Morgan fingerprint density at radius 2 is 1.64 bits per heavy atom. The van der Waals surface area contributed by atoms with Crippen molar-refractivity contribution >= 4 is 6.08 Å². The van der Waals surface area contributed by atoms with Crippen molar-refractivity contribution in [3.05, 3.63) is 77.4 Å². The first-order chi connectivity index (χ1) is 11.9. The van der Waals surface area contributed by atoms with Crippen LogP contribution in [0.5, 0.6) is 0 Å². The topological polar surface area (TPSA) is 23.5 Å². The predicted octanol–water partition coefficient (Wildman–Crippen LogP) is 4.07. The molecular weight excluding hydrogens is 306 g/mol. The number of hydrogen-bond donors (Lipinski definition) is 1. The normalized spacial score (nSPS) is 15.2. The van der Waals surface area contributed by atoms with Crippen LogP contribution in [0.25, 0.3) is 6.08 Å². The Labute approximate surface area is 151 Å². The standard InChI is InChI=1S/C23H27NO/c1-19(17-22-13-9-6-10-14-22)23(25,20(2)18-24(3)4)16-15-21-11-7-5-8-12-21/h5-14,17,20,25H,18H2,1-4H3. The second-order valence-electron chi connectivity index (χ2n) is 6.78. The molecule has 2 unspecified atom stereocenters. The van der Waals surface area contributed by atoms with E-state index in [2.05, 4.69) is 16.7 Å². The van der Waals surface area contributed by atoms with E-state index in [4.69, 9.17) is 0 Å². The minimum atomic E-state index is -1.18. The molecule has 0 aliphatic rings. The van der Waals surface area contributed by atoms with E-state index in [9.17, 15) is 5.11 Å². The molecule has 0 saturated carbocycles. The first kappa shape index (κ1) is 19.0. The van der Waals surface area contributed by atoms with E-state index in [0.29, 0.717) is 0 Å². The Kier molecular flexibility index (Phi) is 6.58. The summed E-state index contributed by atoms with van der Waals surface area (Å²) in [5, 5.41) is 11.5. The van der Waals surface area contributed by atoms with Crippen molar-refractivity contribution < 1.29 is 5.11 Å². The summed E-state index contributed by atoms with van der Waals surface area (Å²) in [5.41, 5.74) is 1.65. The van der Waals surface area contributed by atoms with Crippen molar-refractivity contribution in [2.24, 2.45) is 5.92 Å². The molecule has 0 aliphatic carbocycles. The second-order valence-corrected chi connectivity index (χ2v) is 6.78. The molecule has 0 saturated heterocycles. The molecular formula is C23H27NO. The van der Waals surface area contributed by atoms with Crippen LogP contribution in [0.15, 0.2) is 66.2 Å². The SMILES string of the molecule is CC(=Cc1ccccc1)C(O)(C#Cc1ccccc1)C(C)CN(C)C. The number of aliphatic hydroxyl groups is 1. The van der Waals surface area contributed by atoms with E-state index in [1.165, 1.54) is 0 Å².